The first-order valence-corrected chi connectivity index (χ1v) is 13.0. The van der Waals surface area contributed by atoms with Gasteiger partial charge in [0.1, 0.15) is 5.69 Å². The van der Waals surface area contributed by atoms with Gasteiger partial charge in [0.25, 0.3) is 5.91 Å². The minimum atomic E-state index is -0.667. The fourth-order valence-electron chi connectivity index (χ4n) is 5.13. The summed E-state index contributed by atoms with van der Waals surface area (Å²) in [7, 11) is 2.05. The molecule has 3 N–H and O–H groups in total. The highest BCUT2D eigenvalue weighted by Crippen LogP contribution is 2.45. The number of H-pyrrole nitrogens is 1. The van der Waals surface area contributed by atoms with E-state index in [0.29, 0.717) is 78.0 Å². The fourth-order valence-corrected chi connectivity index (χ4v) is 6.11. The van der Waals surface area contributed by atoms with E-state index in [9.17, 15) is 14.4 Å². The van der Waals surface area contributed by atoms with Crippen molar-refractivity contribution in [2.45, 2.75) is 0 Å². The Morgan fingerprint density at radius 2 is 1.81 bits per heavy atom. The molecule has 0 radical (unpaired) electrons. The van der Waals surface area contributed by atoms with Crippen molar-refractivity contribution in [3.8, 4) is 21.8 Å². The zero-order chi connectivity index (χ0) is 25.7. The number of amides is 3. The van der Waals surface area contributed by atoms with Crippen LogP contribution in [0.15, 0.2) is 30.3 Å². The molecule has 1 aliphatic carbocycles. The number of likely N-dealkylation sites (N-methyl/N-ethyl adjacent to an activating group) is 1. The largest absolute Gasteiger partial charge is 0.379 e. The van der Waals surface area contributed by atoms with Gasteiger partial charge >= 0.3 is 6.03 Å². The first kappa shape index (κ1) is 23.8. The lowest BCUT2D eigenvalue weighted by molar-refractivity contribution is 0.0364. The molecule has 0 atom stereocenters. The third-order valence-electron chi connectivity index (χ3n) is 7.08. The lowest BCUT2D eigenvalue weighted by Crippen LogP contribution is -2.54. The van der Waals surface area contributed by atoms with Crippen LogP contribution in [0.1, 0.15) is 25.6 Å². The number of nitrogens with zero attached hydrogens (tertiary/aromatic N) is 5. The number of urea groups is 1. The molecule has 12 heteroatoms. The van der Waals surface area contributed by atoms with Crippen LogP contribution in [0.4, 0.5) is 10.5 Å². The number of hydrogen-bond acceptors (Lipinski definition) is 8. The van der Waals surface area contributed by atoms with Crippen LogP contribution >= 0.6 is 11.3 Å². The number of primary amides is 1. The van der Waals surface area contributed by atoms with Gasteiger partial charge in [0.15, 0.2) is 5.78 Å². The van der Waals surface area contributed by atoms with Crippen LogP contribution in [0.3, 0.4) is 0 Å². The Kier molecular flexibility index (Phi) is 6.03. The molecule has 4 heterocycles. The number of fused-ring (bicyclic) bond motifs is 3. The number of benzene rings is 1. The second-order valence-electron chi connectivity index (χ2n) is 9.33. The molecule has 0 unspecified atom stereocenters. The van der Waals surface area contributed by atoms with Gasteiger partial charge in [-0.15, -0.1) is 11.3 Å². The van der Waals surface area contributed by atoms with E-state index in [1.807, 2.05) is 24.1 Å². The summed E-state index contributed by atoms with van der Waals surface area (Å²) < 4.78 is 5.41. The van der Waals surface area contributed by atoms with E-state index in [0.717, 1.165) is 18.0 Å². The lowest BCUT2D eigenvalue weighted by Gasteiger charge is -2.36. The van der Waals surface area contributed by atoms with E-state index in [-0.39, 0.29) is 11.7 Å². The molecule has 3 amide bonds. The summed E-state index contributed by atoms with van der Waals surface area (Å²) in [5.74, 6) is -0.232. The average Bonchev–Trinajstić information content (AvgIpc) is 3.62. The molecule has 192 valence electrons. The quantitative estimate of drug-likeness (QED) is 0.420. The highest BCUT2D eigenvalue weighted by molar-refractivity contribution is 7.17. The van der Waals surface area contributed by atoms with E-state index >= 15 is 0 Å². The summed E-state index contributed by atoms with van der Waals surface area (Å²) in [6.07, 6.45) is 0. The number of ether oxygens (including phenoxy) is 1. The van der Waals surface area contributed by atoms with Crippen LogP contribution in [-0.2, 0) is 4.74 Å². The second-order valence-corrected chi connectivity index (χ2v) is 10.4. The number of ketones is 1. The number of carbonyl (C=O) groups excluding carboxylic acids is 3. The van der Waals surface area contributed by atoms with Gasteiger partial charge in [0, 0.05) is 44.8 Å². The van der Waals surface area contributed by atoms with E-state index in [1.54, 1.807) is 23.2 Å². The van der Waals surface area contributed by atoms with Crippen LogP contribution in [0.25, 0.3) is 21.8 Å². The van der Waals surface area contributed by atoms with Crippen molar-refractivity contribution in [1.29, 1.82) is 0 Å². The zero-order valence-electron chi connectivity index (χ0n) is 20.4. The van der Waals surface area contributed by atoms with E-state index in [4.69, 9.17) is 10.5 Å². The fraction of sp³-hybridized carbons (Fsp3) is 0.360. The molecule has 3 aliphatic rings. The monoisotopic (exact) mass is 521 g/mol. The van der Waals surface area contributed by atoms with Gasteiger partial charge in [0.2, 0.25) is 0 Å². The highest BCUT2D eigenvalue weighted by Gasteiger charge is 2.38. The first-order valence-electron chi connectivity index (χ1n) is 12.2. The Balaban J connectivity index is 1.33. The molecule has 3 aromatic rings. The number of rotatable bonds is 4. The molecule has 0 spiro atoms. The third-order valence-corrected chi connectivity index (χ3v) is 8.17. The minimum absolute atomic E-state index is 0.0000192. The highest BCUT2D eigenvalue weighted by atomic mass is 32.1. The number of nitrogens with two attached hydrogens (primary N) is 1. The Morgan fingerprint density at radius 1 is 1.05 bits per heavy atom. The standard InChI is InChI=1S/C25H27N7O4S/c1-29-7-9-30(10-8-29)24(34)18-6-5-17(37-18)22-20-21(27-28-22)15-3-2-4-16(19(15)23(20)33)32(25(26)35)31-11-13-36-14-12-31/h2-6H,7-14H2,1H3,(H2,26,35)(H,27,28). The average molecular weight is 522 g/mol. The van der Waals surface area contributed by atoms with Crippen LogP contribution < -0.4 is 10.7 Å². The van der Waals surface area contributed by atoms with Crippen molar-refractivity contribution in [2.24, 2.45) is 5.73 Å². The predicted octanol–water partition coefficient (Wildman–Crippen LogP) is 1.87. The van der Waals surface area contributed by atoms with Gasteiger partial charge in [-0.3, -0.25) is 14.7 Å². The summed E-state index contributed by atoms with van der Waals surface area (Å²) in [5.41, 5.74) is 8.78. The van der Waals surface area contributed by atoms with Crippen molar-refractivity contribution in [2.75, 3.05) is 64.5 Å². The van der Waals surface area contributed by atoms with Crippen LogP contribution in [0.5, 0.6) is 0 Å². The maximum atomic E-state index is 13.8. The summed E-state index contributed by atoms with van der Waals surface area (Å²) in [6.45, 7) is 4.97. The second kappa shape index (κ2) is 9.38. The number of piperazine rings is 1. The van der Waals surface area contributed by atoms with E-state index in [1.165, 1.54) is 16.3 Å². The number of aromatic nitrogens is 2. The summed E-state index contributed by atoms with van der Waals surface area (Å²) in [4.78, 5) is 44.9. The normalized spacial score (nSPS) is 18.1. The number of hydrazine groups is 1. The number of hydrogen-bond donors (Lipinski definition) is 2. The SMILES string of the molecule is CN1CCN(C(=O)c2ccc(-c3[nH]nc4c3C(=O)c3c-4cccc3N(C(N)=O)N3CCOCC3)s2)CC1. The number of carbonyl (C=O) groups is 3. The molecule has 11 nitrogen and oxygen atoms in total. The van der Waals surface area contributed by atoms with Crippen LogP contribution in [-0.4, -0.2) is 102 Å². The number of anilines is 1. The molecule has 6 rings (SSSR count). The van der Waals surface area contributed by atoms with Gasteiger partial charge < -0.3 is 20.3 Å². The predicted molar refractivity (Wildman–Crippen MR) is 139 cm³/mol. The smallest absolute Gasteiger partial charge is 0.334 e. The molecule has 2 aliphatic heterocycles. The van der Waals surface area contributed by atoms with E-state index < -0.39 is 6.03 Å². The van der Waals surface area contributed by atoms with Gasteiger partial charge in [-0.25, -0.2) is 14.8 Å². The van der Waals surface area contributed by atoms with Gasteiger partial charge in [0.05, 0.1) is 45.5 Å². The van der Waals surface area contributed by atoms with Crippen LogP contribution in [0, 0.1) is 0 Å². The first-order chi connectivity index (χ1) is 17.9. The molecule has 2 fully saturated rings. The number of nitrogens with one attached hydrogen (secondary N) is 1. The molecule has 0 saturated carbocycles. The molecular formula is C25H27N7O4S. The van der Waals surface area contributed by atoms with Crippen molar-refractivity contribution >= 4 is 34.7 Å². The van der Waals surface area contributed by atoms with Crippen molar-refractivity contribution < 1.29 is 19.1 Å². The summed E-state index contributed by atoms with van der Waals surface area (Å²) >= 11 is 1.34. The summed E-state index contributed by atoms with van der Waals surface area (Å²) in [6, 6.07) is 8.33. The maximum Gasteiger partial charge on any atom is 0.334 e. The Hall–Kier alpha value is -3.58. The van der Waals surface area contributed by atoms with Gasteiger partial charge in [-0.05, 0) is 25.2 Å². The molecule has 2 saturated heterocycles. The number of thiophene rings is 1. The van der Waals surface area contributed by atoms with Crippen LogP contribution in [0.2, 0.25) is 0 Å². The topological polar surface area (TPSA) is 128 Å². The Morgan fingerprint density at radius 3 is 2.54 bits per heavy atom. The minimum Gasteiger partial charge on any atom is -0.379 e. The Bertz CT molecular complexity index is 1390. The molecular weight excluding hydrogens is 494 g/mol. The molecule has 0 bridgehead atoms. The van der Waals surface area contributed by atoms with Crippen molar-refractivity contribution in [1.82, 2.24) is 25.0 Å². The molecule has 37 heavy (non-hydrogen) atoms. The van der Waals surface area contributed by atoms with Gasteiger partial charge in [-0.1, -0.05) is 12.1 Å². The zero-order valence-corrected chi connectivity index (χ0v) is 21.2. The Labute approximate surface area is 217 Å². The maximum absolute atomic E-state index is 13.8. The lowest BCUT2D eigenvalue weighted by atomic mass is 10.1. The number of morpholine rings is 1. The third kappa shape index (κ3) is 4.02. The molecule has 1 aromatic carbocycles. The molecule has 2 aromatic heterocycles. The summed E-state index contributed by atoms with van der Waals surface area (Å²) in [5, 5.41) is 10.6. The van der Waals surface area contributed by atoms with Crippen molar-refractivity contribution in [3.63, 3.8) is 0 Å². The van der Waals surface area contributed by atoms with Gasteiger partial charge in [-0.2, -0.15) is 5.10 Å². The van der Waals surface area contributed by atoms with Crippen molar-refractivity contribution in [3.05, 3.63) is 46.3 Å². The number of aromatic amines is 1. The van der Waals surface area contributed by atoms with E-state index in [2.05, 4.69) is 15.1 Å².